The molecule has 3 heteroatoms. The number of nitrogens with zero attached hydrogens (tertiary/aromatic N) is 1. The molecule has 106 valence electrons. The highest BCUT2D eigenvalue weighted by Crippen LogP contribution is 2.28. The Morgan fingerprint density at radius 2 is 2.15 bits per heavy atom. The van der Waals surface area contributed by atoms with Gasteiger partial charge in [0.05, 0.1) is 5.52 Å². The van der Waals surface area contributed by atoms with Gasteiger partial charge in [0.1, 0.15) is 0 Å². The van der Waals surface area contributed by atoms with E-state index >= 15 is 0 Å². The van der Waals surface area contributed by atoms with E-state index in [4.69, 9.17) is 0 Å². The second kappa shape index (κ2) is 6.15. The Balaban J connectivity index is 1.70. The summed E-state index contributed by atoms with van der Waals surface area (Å²) in [6.07, 6.45) is 6.28. The summed E-state index contributed by atoms with van der Waals surface area (Å²) >= 11 is 2.01. The van der Waals surface area contributed by atoms with Crippen molar-refractivity contribution in [1.29, 1.82) is 0 Å². The third-order valence-corrected chi connectivity index (χ3v) is 5.39. The third kappa shape index (κ3) is 2.99. The maximum absolute atomic E-state index is 4.56. The van der Waals surface area contributed by atoms with E-state index in [1.807, 2.05) is 18.7 Å². The van der Waals surface area contributed by atoms with E-state index in [-0.39, 0.29) is 0 Å². The predicted octanol–water partition coefficient (Wildman–Crippen LogP) is 3.92. The molecule has 1 fully saturated rings. The number of hydrogen-bond donors (Lipinski definition) is 1. The summed E-state index contributed by atoms with van der Waals surface area (Å²) in [5.41, 5.74) is 3.53. The van der Waals surface area contributed by atoms with Gasteiger partial charge in [-0.25, -0.2) is 0 Å². The minimum Gasteiger partial charge on any atom is -0.309 e. The van der Waals surface area contributed by atoms with Crippen LogP contribution >= 0.6 is 11.8 Å². The van der Waals surface area contributed by atoms with Gasteiger partial charge >= 0.3 is 0 Å². The molecule has 0 amide bonds. The van der Waals surface area contributed by atoms with Gasteiger partial charge < -0.3 is 5.32 Å². The van der Waals surface area contributed by atoms with Crippen LogP contribution in [0.25, 0.3) is 10.9 Å². The number of hydrogen-bond acceptors (Lipinski definition) is 3. The van der Waals surface area contributed by atoms with E-state index in [0.29, 0.717) is 6.04 Å². The van der Waals surface area contributed by atoms with Crippen molar-refractivity contribution >= 4 is 22.7 Å². The van der Waals surface area contributed by atoms with Crippen molar-refractivity contribution in [3.05, 3.63) is 41.6 Å². The first kappa shape index (κ1) is 13.9. The number of aromatic nitrogens is 1. The van der Waals surface area contributed by atoms with Crippen molar-refractivity contribution in [2.75, 3.05) is 6.26 Å². The van der Waals surface area contributed by atoms with Crippen LogP contribution in [-0.4, -0.2) is 22.5 Å². The molecule has 0 aliphatic heterocycles. The summed E-state index contributed by atoms with van der Waals surface area (Å²) in [6, 6.07) is 11.5. The first-order valence-corrected chi connectivity index (χ1v) is 8.67. The zero-order chi connectivity index (χ0) is 13.9. The predicted molar refractivity (Wildman–Crippen MR) is 88.3 cm³/mol. The number of aryl methyl sites for hydroxylation is 1. The molecule has 2 atom stereocenters. The highest BCUT2D eigenvalue weighted by Gasteiger charge is 2.25. The molecule has 1 saturated carbocycles. The zero-order valence-corrected chi connectivity index (χ0v) is 13.0. The van der Waals surface area contributed by atoms with Gasteiger partial charge in [-0.3, -0.25) is 4.98 Å². The van der Waals surface area contributed by atoms with Crippen molar-refractivity contribution in [3.63, 3.8) is 0 Å². The molecule has 2 nitrogen and oxygen atoms in total. The Morgan fingerprint density at radius 3 is 3.00 bits per heavy atom. The van der Waals surface area contributed by atoms with Gasteiger partial charge in [-0.15, -0.1) is 0 Å². The molecule has 1 aliphatic carbocycles. The molecule has 1 N–H and O–H groups in total. The minimum absolute atomic E-state index is 0.678. The van der Waals surface area contributed by atoms with Gasteiger partial charge in [0.2, 0.25) is 0 Å². The van der Waals surface area contributed by atoms with Crippen LogP contribution in [0.5, 0.6) is 0 Å². The first-order chi connectivity index (χ1) is 9.76. The summed E-state index contributed by atoms with van der Waals surface area (Å²) in [4.78, 5) is 4.56. The number of pyridine rings is 1. The van der Waals surface area contributed by atoms with Crippen LogP contribution in [0.2, 0.25) is 0 Å². The molecule has 2 aromatic rings. The van der Waals surface area contributed by atoms with Crippen molar-refractivity contribution in [3.8, 4) is 0 Å². The monoisotopic (exact) mass is 286 g/mol. The summed E-state index contributed by atoms with van der Waals surface area (Å²) in [5.74, 6) is 0. The maximum atomic E-state index is 4.56. The quantitative estimate of drug-likeness (QED) is 0.922. The molecule has 0 radical (unpaired) electrons. The third-order valence-electron chi connectivity index (χ3n) is 4.22. The Kier molecular flexibility index (Phi) is 4.27. The first-order valence-electron chi connectivity index (χ1n) is 7.39. The Morgan fingerprint density at radius 1 is 1.25 bits per heavy atom. The molecule has 3 rings (SSSR count). The van der Waals surface area contributed by atoms with Gasteiger partial charge in [-0.1, -0.05) is 18.6 Å². The molecule has 20 heavy (non-hydrogen) atoms. The SMILES string of the molecule is CSC1CCCC1NCc1ccc2nc(C)ccc2c1. The summed E-state index contributed by atoms with van der Waals surface area (Å²) < 4.78 is 0. The fourth-order valence-corrected chi connectivity index (χ4v) is 4.04. The van der Waals surface area contributed by atoms with Crippen LogP contribution in [0.15, 0.2) is 30.3 Å². The average Bonchev–Trinajstić information content (AvgIpc) is 2.92. The molecular formula is C17H22N2S. The molecule has 1 heterocycles. The normalized spacial score (nSPS) is 22.5. The lowest BCUT2D eigenvalue weighted by Gasteiger charge is -2.19. The second-order valence-electron chi connectivity index (χ2n) is 5.67. The lowest BCUT2D eigenvalue weighted by molar-refractivity contribution is 0.532. The van der Waals surface area contributed by atoms with Crippen molar-refractivity contribution in [2.24, 2.45) is 0 Å². The number of thioether (sulfide) groups is 1. The van der Waals surface area contributed by atoms with Crippen molar-refractivity contribution in [2.45, 2.75) is 44.0 Å². The van der Waals surface area contributed by atoms with Crippen LogP contribution < -0.4 is 5.32 Å². The van der Waals surface area contributed by atoms with Gasteiger partial charge in [0, 0.05) is 28.9 Å². The fraction of sp³-hybridized carbons (Fsp3) is 0.471. The van der Waals surface area contributed by atoms with E-state index in [0.717, 1.165) is 23.0 Å². The van der Waals surface area contributed by atoms with E-state index in [9.17, 15) is 0 Å². The number of benzene rings is 1. The van der Waals surface area contributed by atoms with Crippen LogP contribution in [0.3, 0.4) is 0 Å². The molecule has 0 saturated heterocycles. The molecule has 0 spiro atoms. The van der Waals surface area contributed by atoms with E-state index in [1.54, 1.807) is 0 Å². The zero-order valence-electron chi connectivity index (χ0n) is 12.2. The molecular weight excluding hydrogens is 264 g/mol. The average molecular weight is 286 g/mol. The van der Waals surface area contributed by atoms with Crippen molar-refractivity contribution < 1.29 is 0 Å². The summed E-state index contributed by atoms with van der Waals surface area (Å²) in [6.45, 7) is 3.00. The minimum atomic E-state index is 0.678. The summed E-state index contributed by atoms with van der Waals surface area (Å²) in [7, 11) is 0. The van der Waals surface area contributed by atoms with Gasteiger partial charge in [-0.05, 0) is 49.8 Å². The molecule has 2 unspecified atom stereocenters. The van der Waals surface area contributed by atoms with Gasteiger partial charge in [0.15, 0.2) is 0 Å². The number of nitrogens with one attached hydrogen (secondary N) is 1. The maximum Gasteiger partial charge on any atom is 0.0705 e. The lowest BCUT2D eigenvalue weighted by Crippen LogP contribution is -2.33. The lowest BCUT2D eigenvalue weighted by atomic mass is 10.1. The number of fused-ring (bicyclic) bond motifs is 1. The van der Waals surface area contributed by atoms with Gasteiger partial charge in [-0.2, -0.15) is 11.8 Å². The highest BCUT2D eigenvalue weighted by atomic mass is 32.2. The number of rotatable bonds is 4. The standard InChI is InChI=1S/C17H22N2S/c1-12-6-8-14-10-13(7-9-15(14)19-12)11-18-16-4-3-5-17(16)20-2/h6-10,16-18H,3-5,11H2,1-2H3. The largest absolute Gasteiger partial charge is 0.309 e. The van der Waals surface area contributed by atoms with Gasteiger partial charge in [0.25, 0.3) is 0 Å². The smallest absolute Gasteiger partial charge is 0.0705 e. The Hall–Kier alpha value is -1.06. The van der Waals surface area contributed by atoms with Crippen LogP contribution in [0, 0.1) is 6.92 Å². The molecule has 0 bridgehead atoms. The van der Waals surface area contributed by atoms with Crippen LogP contribution in [0.4, 0.5) is 0 Å². The van der Waals surface area contributed by atoms with Crippen LogP contribution in [-0.2, 0) is 6.54 Å². The second-order valence-corrected chi connectivity index (χ2v) is 6.75. The van der Waals surface area contributed by atoms with Crippen molar-refractivity contribution in [1.82, 2.24) is 10.3 Å². The Labute approximate surface area is 125 Å². The highest BCUT2D eigenvalue weighted by molar-refractivity contribution is 7.99. The summed E-state index contributed by atoms with van der Waals surface area (Å²) in [5, 5.41) is 5.76. The van der Waals surface area contributed by atoms with E-state index in [1.165, 1.54) is 30.2 Å². The molecule has 1 aromatic heterocycles. The van der Waals surface area contributed by atoms with E-state index < -0.39 is 0 Å². The van der Waals surface area contributed by atoms with Crippen LogP contribution in [0.1, 0.15) is 30.5 Å². The topological polar surface area (TPSA) is 24.9 Å². The molecule has 1 aromatic carbocycles. The van der Waals surface area contributed by atoms with E-state index in [2.05, 4.69) is 46.9 Å². The Bertz CT molecular complexity index is 597. The molecule has 1 aliphatic rings. The fourth-order valence-electron chi connectivity index (χ4n) is 3.08.